The summed E-state index contributed by atoms with van der Waals surface area (Å²) in [7, 11) is 0. The highest BCUT2D eigenvalue weighted by Crippen LogP contribution is 2.25. The van der Waals surface area contributed by atoms with Crippen molar-refractivity contribution in [3.8, 4) is 5.88 Å². The van der Waals surface area contributed by atoms with E-state index in [1.807, 2.05) is 61.5 Å². The van der Waals surface area contributed by atoms with Gasteiger partial charge in [0.25, 0.3) is 5.88 Å². The van der Waals surface area contributed by atoms with E-state index in [2.05, 4.69) is 9.97 Å². The van der Waals surface area contributed by atoms with E-state index in [0.717, 1.165) is 16.6 Å². The minimum absolute atomic E-state index is 0.131. The molecule has 1 atom stereocenters. The molecule has 0 radical (unpaired) electrons. The zero-order valence-corrected chi connectivity index (χ0v) is 11.2. The number of aromatic nitrogens is 2. The number of ether oxygens (including phenoxy) is 1. The zero-order valence-electron chi connectivity index (χ0n) is 11.2. The summed E-state index contributed by atoms with van der Waals surface area (Å²) in [4.78, 5) is 8.74. The lowest BCUT2D eigenvalue weighted by molar-refractivity contribution is 0.219. The molecule has 0 aliphatic carbocycles. The van der Waals surface area contributed by atoms with Gasteiger partial charge in [0.05, 0.1) is 11.0 Å². The maximum atomic E-state index is 5.91. The molecule has 0 aliphatic rings. The Morgan fingerprint density at radius 1 is 0.900 bits per heavy atom. The molecule has 0 saturated carbocycles. The molecule has 0 amide bonds. The fraction of sp³-hybridized carbons (Fsp3) is 0.125. The minimum atomic E-state index is -0.131. The van der Waals surface area contributed by atoms with Crippen LogP contribution in [0.4, 0.5) is 5.82 Å². The van der Waals surface area contributed by atoms with Gasteiger partial charge in [0.1, 0.15) is 6.10 Å². The summed E-state index contributed by atoms with van der Waals surface area (Å²) in [5, 5.41) is 0. The smallest absolute Gasteiger partial charge is 0.258 e. The third-order valence-electron chi connectivity index (χ3n) is 3.12. The van der Waals surface area contributed by atoms with Crippen LogP contribution in [0.5, 0.6) is 5.88 Å². The lowest BCUT2D eigenvalue weighted by Crippen LogP contribution is -2.07. The molecule has 3 aromatic rings. The van der Waals surface area contributed by atoms with Crippen LogP contribution in [0.2, 0.25) is 0 Å². The van der Waals surface area contributed by atoms with Gasteiger partial charge in [-0.25, -0.2) is 9.97 Å². The molecule has 1 heterocycles. The van der Waals surface area contributed by atoms with E-state index in [4.69, 9.17) is 10.5 Å². The first kappa shape index (κ1) is 12.4. The van der Waals surface area contributed by atoms with Gasteiger partial charge in [0, 0.05) is 0 Å². The normalized spacial score (nSPS) is 12.2. The number of nitrogens with zero attached hydrogens (tertiary/aromatic N) is 2. The molecule has 1 aromatic heterocycles. The van der Waals surface area contributed by atoms with E-state index < -0.39 is 0 Å². The quantitative estimate of drug-likeness (QED) is 0.788. The van der Waals surface area contributed by atoms with E-state index in [0.29, 0.717) is 11.7 Å². The molecule has 4 heteroatoms. The summed E-state index contributed by atoms with van der Waals surface area (Å²) >= 11 is 0. The number of anilines is 1. The Labute approximate surface area is 117 Å². The second-order valence-corrected chi connectivity index (χ2v) is 4.57. The number of nitrogen functional groups attached to an aromatic ring is 1. The number of para-hydroxylation sites is 2. The van der Waals surface area contributed by atoms with Crippen molar-refractivity contribution in [2.75, 3.05) is 5.73 Å². The number of fused-ring (bicyclic) bond motifs is 1. The third-order valence-corrected chi connectivity index (χ3v) is 3.12. The van der Waals surface area contributed by atoms with Crippen LogP contribution in [-0.2, 0) is 0 Å². The Morgan fingerprint density at radius 3 is 2.20 bits per heavy atom. The average Bonchev–Trinajstić information content (AvgIpc) is 2.49. The Morgan fingerprint density at radius 2 is 1.50 bits per heavy atom. The Balaban J connectivity index is 1.92. The van der Waals surface area contributed by atoms with Crippen LogP contribution in [0.25, 0.3) is 11.0 Å². The van der Waals surface area contributed by atoms with E-state index >= 15 is 0 Å². The lowest BCUT2D eigenvalue weighted by atomic mass is 10.1. The van der Waals surface area contributed by atoms with Crippen molar-refractivity contribution in [1.29, 1.82) is 0 Å². The highest BCUT2D eigenvalue weighted by Gasteiger charge is 2.12. The predicted octanol–water partition coefficient (Wildman–Crippen LogP) is 3.35. The topological polar surface area (TPSA) is 61.0 Å². The van der Waals surface area contributed by atoms with Gasteiger partial charge in [-0.05, 0) is 24.6 Å². The lowest BCUT2D eigenvalue weighted by Gasteiger charge is -2.15. The molecule has 0 spiro atoms. The van der Waals surface area contributed by atoms with Crippen LogP contribution in [0, 0.1) is 0 Å². The average molecular weight is 265 g/mol. The first-order valence-corrected chi connectivity index (χ1v) is 6.48. The molecule has 0 aliphatic heterocycles. The molecule has 20 heavy (non-hydrogen) atoms. The molecular formula is C16H15N3O. The van der Waals surface area contributed by atoms with Gasteiger partial charge in [-0.3, -0.25) is 0 Å². The van der Waals surface area contributed by atoms with Crippen LogP contribution in [0.1, 0.15) is 18.6 Å². The summed E-state index contributed by atoms with van der Waals surface area (Å²) in [6, 6.07) is 17.5. The van der Waals surface area contributed by atoms with Crippen molar-refractivity contribution in [1.82, 2.24) is 9.97 Å². The second kappa shape index (κ2) is 5.17. The summed E-state index contributed by atoms with van der Waals surface area (Å²) in [5.74, 6) is 0.687. The van der Waals surface area contributed by atoms with Crippen molar-refractivity contribution in [3.63, 3.8) is 0 Å². The fourth-order valence-corrected chi connectivity index (χ4v) is 2.04. The van der Waals surface area contributed by atoms with E-state index in [9.17, 15) is 0 Å². The van der Waals surface area contributed by atoms with Crippen molar-refractivity contribution >= 4 is 16.9 Å². The van der Waals surface area contributed by atoms with E-state index in [-0.39, 0.29) is 6.10 Å². The molecule has 100 valence electrons. The fourth-order valence-electron chi connectivity index (χ4n) is 2.04. The standard InChI is InChI=1S/C16H15N3O/c1-11(12-7-3-2-4-8-12)20-16-15(17)18-13-9-5-6-10-14(13)19-16/h2-11H,1H3,(H2,17,18). The summed E-state index contributed by atoms with van der Waals surface area (Å²) in [6.45, 7) is 1.96. The molecule has 4 nitrogen and oxygen atoms in total. The van der Waals surface area contributed by atoms with Gasteiger partial charge in [-0.15, -0.1) is 0 Å². The third kappa shape index (κ3) is 2.40. The minimum Gasteiger partial charge on any atom is -0.467 e. The van der Waals surface area contributed by atoms with Crippen molar-refractivity contribution in [3.05, 3.63) is 60.2 Å². The highest BCUT2D eigenvalue weighted by molar-refractivity contribution is 5.76. The van der Waals surface area contributed by atoms with E-state index in [1.165, 1.54) is 0 Å². The summed E-state index contributed by atoms with van der Waals surface area (Å²) in [5.41, 5.74) is 8.53. The van der Waals surface area contributed by atoms with Gasteiger partial charge in [-0.1, -0.05) is 42.5 Å². The van der Waals surface area contributed by atoms with E-state index in [1.54, 1.807) is 0 Å². The molecule has 3 rings (SSSR count). The monoisotopic (exact) mass is 265 g/mol. The molecule has 2 N–H and O–H groups in total. The van der Waals surface area contributed by atoms with Gasteiger partial charge in [0.2, 0.25) is 0 Å². The first-order chi connectivity index (χ1) is 9.74. The summed E-state index contributed by atoms with van der Waals surface area (Å²) in [6.07, 6.45) is -0.131. The SMILES string of the molecule is CC(Oc1nc2ccccc2nc1N)c1ccccc1. The maximum absolute atomic E-state index is 5.91. The Hall–Kier alpha value is -2.62. The van der Waals surface area contributed by atoms with Crippen LogP contribution < -0.4 is 10.5 Å². The van der Waals surface area contributed by atoms with Crippen LogP contribution in [0.3, 0.4) is 0 Å². The highest BCUT2D eigenvalue weighted by atomic mass is 16.5. The maximum Gasteiger partial charge on any atom is 0.258 e. The van der Waals surface area contributed by atoms with Crippen LogP contribution in [0.15, 0.2) is 54.6 Å². The van der Waals surface area contributed by atoms with Gasteiger partial charge in [0.15, 0.2) is 5.82 Å². The number of benzene rings is 2. The largest absolute Gasteiger partial charge is 0.467 e. The zero-order chi connectivity index (χ0) is 13.9. The number of rotatable bonds is 3. The summed E-state index contributed by atoms with van der Waals surface area (Å²) < 4.78 is 5.84. The molecular weight excluding hydrogens is 250 g/mol. The van der Waals surface area contributed by atoms with Crippen molar-refractivity contribution in [2.24, 2.45) is 0 Å². The molecule has 0 saturated heterocycles. The van der Waals surface area contributed by atoms with Crippen LogP contribution >= 0.6 is 0 Å². The van der Waals surface area contributed by atoms with Gasteiger partial charge >= 0.3 is 0 Å². The molecule has 1 unspecified atom stereocenters. The van der Waals surface area contributed by atoms with Gasteiger partial charge < -0.3 is 10.5 Å². The number of hydrogen-bond acceptors (Lipinski definition) is 4. The molecule has 0 fully saturated rings. The number of nitrogens with two attached hydrogens (primary N) is 1. The Kier molecular flexibility index (Phi) is 3.21. The Bertz CT molecular complexity index is 728. The molecule has 0 bridgehead atoms. The predicted molar refractivity (Wildman–Crippen MR) is 79.4 cm³/mol. The van der Waals surface area contributed by atoms with Crippen molar-refractivity contribution in [2.45, 2.75) is 13.0 Å². The van der Waals surface area contributed by atoms with Gasteiger partial charge in [-0.2, -0.15) is 0 Å². The second-order valence-electron chi connectivity index (χ2n) is 4.57. The first-order valence-electron chi connectivity index (χ1n) is 6.48. The van der Waals surface area contributed by atoms with Crippen LogP contribution in [-0.4, -0.2) is 9.97 Å². The molecule has 2 aromatic carbocycles. The number of hydrogen-bond donors (Lipinski definition) is 1. The van der Waals surface area contributed by atoms with Crippen molar-refractivity contribution < 1.29 is 4.74 Å².